The monoisotopic (exact) mass is 336 g/mol. The number of nitrogens with one attached hydrogen (secondary N) is 3. The molecule has 1 aromatic rings. The van der Waals surface area contributed by atoms with Gasteiger partial charge in [0, 0.05) is 19.1 Å². The van der Waals surface area contributed by atoms with E-state index in [0.29, 0.717) is 19.8 Å². The number of amides is 1. The Balaban J connectivity index is 1.65. The van der Waals surface area contributed by atoms with E-state index in [1.54, 1.807) is 0 Å². The normalized spacial score (nSPS) is 21.6. The van der Waals surface area contributed by atoms with Gasteiger partial charge in [-0.2, -0.15) is 5.48 Å². The number of piperidine rings is 1. The highest BCUT2D eigenvalue weighted by Crippen LogP contribution is 2.16. The Kier molecular flexibility index (Phi) is 8.14. The van der Waals surface area contributed by atoms with Crippen molar-refractivity contribution in [3.05, 3.63) is 35.9 Å². The van der Waals surface area contributed by atoms with Crippen LogP contribution in [0.25, 0.3) is 0 Å². The maximum atomic E-state index is 12.1. The molecule has 3 N–H and O–H groups in total. The van der Waals surface area contributed by atoms with Crippen molar-refractivity contribution in [2.24, 2.45) is 0 Å². The summed E-state index contributed by atoms with van der Waals surface area (Å²) in [4.78, 5) is 24.9. The molecule has 24 heavy (non-hydrogen) atoms. The fraction of sp³-hybridized carbons (Fsp3) is 0.588. The van der Waals surface area contributed by atoms with E-state index in [-0.39, 0.29) is 18.0 Å². The van der Waals surface area contributed by atoms with Gasteiger partial charge in [-0.1, -0.05) is 30.3 Å². The van der Waals surface area contributed by atoms with E-state index < -0.39 is 0 Å². The van der Waals surface area contributed by atoms with Crippen molar-refractivity contribution in [2.75, 3.05) is 33.8 Å². The molecule has 134 valence electrons. The zero-order valence-corrected chi connectivity index (χ0v) is 14.5. The summed E-state index contributed by atoms with van der Waals surface area (Å²) in [6.07, 6.45) is 1.65. The largest absolute Gasteiger partial charge is 0.317 e. The van der Waals surface area contributed by atoms with Gasteiger partial charge in [0.15, 0.2) is 0 Å². The lowest BCUT2D eigenvalue weighted by Crippen LogP contribution is -2.54. The van der Waals surface area contributed by atoms with Gasteiger partial charge in [-0.15, -0.1) is 0 Å². The lowest BCUT2D eigenvalue weighted by molar-refractivity contribution is -0.140. The third-order valence-electron chi connectivity index (χ3n) is 4.09. The van der Waals surface area contributed by atoms with Crippen molar-refractivity contribution in [3.63, 3.8) is 0 Å². The lowest BCUT2D eigenvalue weighted by Gasteiger charge is -2.36. The molecule has 1 aliphatic heterocycles. The fourth-order valence-electron chi connectivity index (χ4n) is 2.73. The van der Waals surface area contributed by atoms with E-state index in [0.717, 1.165) is 24.9 Å². The quantitative estimate of drug-likeness (QED) is 0.449. The van der Waals surface area contributed by atoms with E-state index in [2.05, 4.69) is 16.3 Å². The Morgan fingerprint density at radius 2 is 2.04 bits per heavy atom. The Morgan fingerprint density at radius 1 is 1.25 bits per heavy atom. The van der Waals surface area contributed by atoms with Crippen molar-refractivity contribution in [3.8, 4) is 0 Å². The molecule has 0 bridgehead atoms. The minimum absolute atomic E-state index is 0.0859. The van der Waals surface area contributed by atoms with Crippen molar-refractivity contribution in [1.82, 2.24) is 21.2 Å². The number of hydrogen-bond donors (Lipinski definition) is 3. The Morgan fingerprint density at radius 3 is 2.75 bits per heavy atom. The first-order valence-corrected chi connectivity index (χ1v) is 8.38. The van der Waals surface area contributed by atoms with Gasteiger partial charge in [0.05, 0.1) is 19.3 Å². The molecule has 7 nitrogen and oxygen atoms in total. The molecule has 0 saturated carbocycles. The van der Waals surface area contributed by atoms with Gasteiger partial charge in [-0.25, -0.2) is 5.48 Å². The van der Waals surface area contributed by atoms with Gasteiger partial charge < -0.3 is 5.32 Å². The average molecular weight is 336 g/mol. The second-order valence-electron chi connectivity index (χ2n) is 6.04. The minimum Gasteiger partial charge on any atom is -0.317 e. The first-order valence-electron chi connectivity index (χ1n) is 8.38. The van der Waals surface area contributed by atoms with Gasteiger partial charge in [-0.3, -0.25) is 19.4 Å². The van der Waals surface area contributed by atoms with Crippen LogP contribution >= 0.6 is 0 Å². The summed E-state index contributed by atoms with van der Waals surface area (Å²) in [5, 5.41) is 2.96. The van der Waals surface area contributed by atoms with Crippen LogP contribution in [0.5, 0.6) is 0 Å². The van der Waals surface area contributed by atoms with E-state index in [4.69, 9.17) is 9.68 Å². The van der Waals surface area contributed by atoms with Crippen LogP contribution in [0.1, 0.15) is 18.4 Å². The summed E-state index contributed by atoms with van der Waals surface area (Å²) in [7, 11) is 3.79. The predicted octanol–water partition coefficient (Wildman–Crippen LogP) is 0.438. The zero-order valence-electron chi connectivity index (χ0n) is 14.5. The van der Waals surface area contributed by atoms with Crippen LogP contribution in [-0.4, -0.2) is 56.7 Å². The van der Waals surface area contributed by atoms with Crippen molar-refractivity contribution < 1.29 is 14.5 Å². The molecule has 7 heteroatoms. The number of hydroxylamine groups is 2. The number of carbonyl (C=O) groups excluding carboxylic acids is 1. The zero-order chi connectivity index (χ0) is 17.2. The van der Waals surface area contributed by atoms with Crippen LogP contribution in [0.15, 0.2) is 30.3 Å². The fourth-order valence-corrected chi connectivity index (χ4v) is 2.73. The second-order valence-corrected chi connectivity index (χ2v) is 6.04. The van der Waals surface area contributed by atoms with E-state index >= 15 is 0 Å². The average Bonchev–Trinajstić information content (AvgIpc) is 2.59. The van der Waals surface area contributed by atoms with Gasteiger partial charge in [0.2, 0.25) is 0 Å². The Hall–Kier alpha value is -1.51. The molecule has 1 saturated heterocycles. The number of carbonyl (C=O) groups is 1. The summed E-state index contributed by atoms with van der Waals surface area (Å²) in [6.45, 7) is 2.44. The number of likely N-dealkylation sites (tertiary alicyclic amines) is 1. The van der Waals surface area contributed by atoms with Gasteiger partial charge in [0.25, 0.3) is 5.91 Å². The van der Waals surface area contributed by atoms with Crippen molar-refractivity contribution >= 4 is 5.91 Å². The van der Waals surface area contributed by atoms with Crippen LogP contribution < -0.4 is 16.3 Å². The van der Waals surface area contributed by atoms with Crippen molar-refractivity contribution in [1.29, 1.82) is 0 Å². The van der Waals surface area contributed by atoms with Gasteiger partial charge in [0.1, 0.15) is 0 Å². The lowest BCUT2D eigenvalue weighted by atomic mass is 9.99. The Labute approximate surface area is 143 Å². The van der Waals surface area contributed by atoms with E-state index in [9.17, 15) is 4.79 Å². The number of likely N-dealkylation sites (N-methyl/N-ethyl adjacent to an activating group) is 2. The maximum absolute atomic E-state index is 12.1. The topological polar surface area (TPSA) is 74.9 Å². The third-order valence-corrected chi connectivity index (χ3v) is 4.09. The molecule has 0 unspecified atom stereocenters. The summed E-state index contributed by atoms with van der Waals surface area (Å²) in [5.74, 6) is -0.0859. The molecular weight excluding hydrogens is 308 g/mol. The summed E-state index contributed by atoms with van der Waals surface area (Å²) >= 11 is 0. The first-order chi connectivity index (χ1) is 11.7. The van der Waals surface area contributed by atoms with Crippen LogP contribution in [0.4, 0.5) is 0 Å². The molecule has 1 aromatic carbocycles. The summed E-state index contributed by atoms with van der Waals surface area (Å²) < 4.78 is 0. The number of rotatable bonds is 9. The van der Waals surface area contributed by atoms with E-state index in [1.165, 1.54) is 0 Å². The molecule has 0 radical (unpaired) electrons. The van der Waals surface area contributed by atoms with Crippen LogP contribution in [0.3, 0.4) is 0 Å². The molecule has 0 aromatic heterocycles. The van der Waals surface area contributed by atoms with Crippen LogP contribution in [0.2, 0.25) is 0 Å². The third kappa shape index (κ3) is 6.18. The molecule has 2 rings (SSSR count). The highest BCUT2D eigenvalue weighted by atomic mass is 16.7. The predicted molar refractivity (Wildman–Crippen MR) is 91.8 cm³/mol. The smallest absolute Gasteiger partial charge is 0.260 e. The standard InChI is InChI=1S/C17H28N4O3/c1-18-10-11-23-20-17(22)16-9-8-15(12-21(16)2)19-24-13-14-6-4-3-5-7-14/h3-7,15-16,18-19H,8-13H2,1-2H3,(H,20,22)/t15-,16+/m1/s1. The highest BCUT2D eigenvalue weighted by molar-refractivity contribution is 5.80. The van der Waals surface area contributed by atoms with Crippen LogP contribution in [0, 0.1) is 0 Å². The van der Waals surface area contributed by atoms with Crippen molar-refractivity contribution in [2.45, 2.75) is 31.5 Å². The van der Waals surface area contributed by atoms with E-state index in [1.807, 2.05) is 49.3 Å². The SMILES string of the molecule is CNCCONC(=O)[C@@H]1CC[C@@H](NOCc2ccccc2)CN1C. The molecule has 0 aliphatic carbocycles. The molecule has 1 heterocycles. The van der Waals surface area contributed by atoms with Gasteiger partial charge >= 0.3 is 0 Å². The second kappa shape index (κ2) is 10.4. The molecular formula is C17H28N4O3. The first kappa shape index (κ1) is 18.8. The van der Waals surface area contributed by atoms with Crippen LogP contribution in [-0.2, 0) is 21.1 Å². The Bertz CT molecular complexity index is 486. The minimum atomic E-state index is -0.160. The summed E-state index contributed by atoms with van der Waals surface area (Å²) in [5.41, 5.74) is 6.76. The molecule has 1 amide bonds. The summed E-state index contributed by atoms with van der Waals surface area (Å²) in [6, 6.07) is 10.1. The van der Waals surface area contributed by atoms with Gasteiger partial charge in [-0.05, 0) is 32.5 Å². The number of nitrogens with zero attached hydrogens (tertiary/aromatic N) is 1. The number of hydrogen-bond acceptors (Lipinski definition) is 6. The highest BCUT2D eigenvalue weighted by Gasteiger charge is 2.30. The maximum Gasteiger partial charge on any atom is 0.260 e. The molecule has 1 fully saturated rings. The number of benzene rings is 1. The molecule has 1 aliphatic rings. The molecule has 0 spiro atoms. The molecule has 2 atom stereocenters.